The minimum absolute atomic E-state index is 0.0118. The van der Waals surface area contributed by atoms with Crippen LogP contribution in [0.25, 0.3) is 6.08 Å². The van der Waals surface area contributed by atoms with Gasteiger partial charge in [-0.2, -0.15) is 0 Å². The number of ether oxygens (including phenoxy) is 2. The summed E-state index contributed by atoms with van der Waals surface area (Å²) in [5.41, 5.74) is -6.03. The summed E-state index contributed by atoms with van der Waals surface area (Å²) in [6.07, 6.45) is -2.97. The molecule has 13 bridgehead atoms. The van der Waals surface area contributed by atoms with Gasteiger partial charge in [-0.25, -0.2) is 34.5 Å². The van der Waals surface area contributed by atoms with E-state index < -0.39 is 196 Å². The molecule has 17 atom stereocenters. The van der Waals surface area contributed by atoms with Gasteiger partial charge in [0.1, 0.15) is 118 Å². The molecule has 4 aliphatic heterocycles. The van der Waals surface area contributed by atoms with E-state index >= 15 is 9.59 Å². The number of thioether (sulfide) groups is 1. The van der Waals surface area contributed by atoms with Gasteiger partial charge in [0.05, 0.1) is 78.1 Å². The molecule has 5 aromatic rings. The maximum atomic E-state index is 15.4. The molecule has 1 saturated heterocycles. The van der Waals surface area contributed by atoms with E-state index in [-0.39, 0.29) is 94.0 Å². The summed E-state index contributed by atoms with van der Waals surface area (Å²) < 4.78 is 11.0. The number of thiazole rings is 4. The molecule has 114 heavy (non-hydrogen) atoms. The van der Waals surface area contributed by atoms with Crippen LogP contribution in [0.15, 0.2) is 87.3 Å². The number of fused-ring (bicyclic) bond motifs is 7. The Kier molecular flexibility index (Phi) is 27.3. The number of rotatable bonds is 11. The van der Waals surface area contributed by atoms with E-state index in [1.54, 1.807) is 38.3 Å². The lowest BCUT2D eigenvalue weighted by Gasteiger charge is -2.46. The zero-order chi connectivity index (χ0) is 83.4. The first-order valence-electron chi connectivity index (χ1n) is 35.6. The summed E-state index contributed by atoms with van der Waals surface area (Å²) in [5, 5.41) is 97.6. The predicted octanol–water partition coefficient (Wildman–Crippen LogP) is 1.45. The summed E-state index contributed by atoms with van der Waals surface area (Å²) in [7, 11) is 1.07. The lowest BCUT2D eigenvalue weighted by Crippen LogP contribution is -2.61. The van der Waals surface area contributed by atoms with Crippen LogP contribution in [0, 0.1) is 5.92 Å². The van der Waals surface area contributed by atoms with Crippen LogP contribution < -0.4 is 63.8 Å². The van der Waals surface area contributed by atoms with Crippen LogP contribution in [0.3, 0.4) is 0 Å². The topological polar surface area (TPSA) is 529 Å². The molecule has 0 aromatic carbocycles. The number of piperidine rings is 1. The second kappa shape index (κ2) is 35.9. The highest BCUT2D eigenvalue weighted by Crippen LogP contribution is 2.49. The molecule has 1 fully saturated rings. The maximum Gasteiger partial charge on any atom is 0.357 e. The summed E-state index contributed by atoms with van der Waals surface area (Å²) in [4.78, 5) is 184. The van der Waals surface area contributed by atoms with Crippen molar-refractivity contribution in [3.05, 3.63) is 148 Å². The number of aliphatic hydroxyl groups excluding tert-OH is 4. The van der Waals surface area contributed by atoms with Crippen LogP contribution in [-0.2, 0) is 53.4 Å². The van der Waals surface area contributed by atoms with Crippen molar-refractivity contribution in [3.8, 4) is 0 Å². The number of pyridine rings is 1. The Balaban J connectivity index is 1.16. The standard InChI is InChI=1S/C72H86N18O18S6/c1-15-38-64-83-44(23-110-64)60(101)89-53(71(13,106)35(12)93)67-85-46(25-113-67)63(109)88-49-34(11)108-69(105)41-20-37(32(9)91)36-16-17-39(51(94)50(36)79-41)78-47(26(2)3)61(102)76-29(6)55(96)73-27(4)54(95)74-30(7)57(98)90-72(70-86-45(24-114-70)59(100)87-48(33(10)92)62(103)81-38)19-18-40(80-52(72)42-21-112-66(49)82-42)65-84-43(22-111-65)58(99)75-28(5)56(97)77-31(8)68(104)107-14/h15-17,20-22,24-26,29-30,32-35,39-40,44,47-49,51-53,78,80,91-94,106H,4-5,8,18-19,23H2,1-3,6-7,9-14H3,(H,73,96)(H,74,95)(H,75,99)(H,76,102)(H,77,97)(H,81,103)(H,87,100)(H,88,109)(H,89,101)(H,90,98)/b38-15-/t29-,30-,32-,33+,34+,35+,39+,40?,44+,47-,48-,49-,51-,52+,53+,71+,72+/m0/s1. The van der Waals surface area contributed by atoms with Crippen LogP contribution >= 0.6 is 69.3 Å². The smallest absolute Gasteiger partial charge is 0.357 e. The van der Waals surface area contributed by atoms with Crippen LogP contribution in [-0.4, -0.2) is 199 Å². The highest BCUT2D eigenvalue weighted by atomic mass is 32.2. The Morgan fingerprint density at radius 3 is 2.13 bits per heavy atom. The van der Waals surface area contributed by atoms with E-state index in [0.717, 1.165) is 64.2 Å². The van der Waals surface area contributed by atoms with E-state index in [4.69, 9.17) is 31.9 Å². The van der Waals surface area contributed by atoms with Crippen molar-refractivity contribution in [2.45, 2.75) is 184 Å². The third-order valence-corrected chi connectivity index (χ3v) is 24.6. The zero-order valence-corrected chi connectivity index (χ0v) is 68.2. The predicted molar refractivity (Wildman–Crippen MR) is 423 cm³/mol. The molecule has 42 heteroatoms. The van der Waals surface area contributed by atoms with E-state index in [2.05, 4.69) is 103 Å². The number of hydrogen-bond acceptors (Lipinski definition) is 32. The minimum Gasteiger partial charge on any atom is -0.464 e. The number of aromatic nitrogens is 5. The fourth-order valence-electron chi connectivity index (χ4n) is 12.6. The minimum atomic E-state index is -2.14. The van der Waals surface area contributed by atoms with Gasteiger partial charge in [0, 0.05) is 32.8 Å². The van der Waals surface area contributed by atoms with Gasteiger partial charge in [0.2, 0.25) is 29.5 Å². The van der Waals surface area contributed by atoms with Crippen LogP contribution in [0.5, 0.6) is 0 Å². The number of nitrogens with one attached hydrogen (secondary N) is 12. The lowest BCUT2D eigenvalue weighted by molar-refractivity contribution is -0.137. The average molecular weight is 1680 g/mol. The molecule has 0 spiro atoms. The molecule has 17 N–H and O–H groups in total. The number of allylic oxidation sites excluding steroid dienone is 1. The fourth-order valence-corrected chi connectivity index (χ4v) is 17.8. The summed E-state index contributed by atoms with van der Waals surface area (Å²) in [6, 6.07) is -11.7. The number of thiocarbonyl (C=S) groups is 1. The molecule has 9 heterocycles. The number of methoxy groups -OCH3 is 1. The molecule has 0 saturated carbocycles. The molecule has 1 unspecified atom stereocenters. The molecule has 0 radical (unpaired) electrons. The molecular weight excluding hydrogens is 1600 g/mol. The van der Waals surface area contributed by atoms with Gasteiger partial charge in [0.15, 0.2) is 0 Å². The first-order valence-corrected chi connectivity index (χ1v) is 40.5. The van der Waals surface area contributed by atoms with E-state index in [0.29, 0.717) is 0 Å². The van der Waals surface area contributed by atoms with Crippen LogP contribution in [0.2, 0.25) is 0 Å². The zero-order valence-electron chi connectivity index (χ0n) is 63.3. The third kappa shape index (κ3) is 18.9. The van der Waals surface area contributed by atoms with Gasteiger partial charge in [-0.15, -0.1) is 57.1 Å². The van der Waals surface area contributed by atoms with Crippen molar-refractivity contribution in [1.82, 2.24) is 88.7 Å². The molecule has 5 aromatic heterocycles. The Hall–Kier alpha value is -9.83. The lowest BCUT2D eigenvalue weighted by atomic mass is 9.78. The first-order chi connectivity index (χ1) is 53.7. The molecular formula is C72H86N18O18S6. The average Bonchev–Trinajstić information content (AvgIpc) is 1.45. The summed E-state index contributed by atoms with van der Waals surface area (Å²) in [5.74, 6) is -10.7. The van der Waals surface area contributed by atoms with Crippen molar-refractivity contribution < 1.29 is 87.7 Å². The third-order valence-electron chi connectivity index (χ3n) is 19.3. The van der Waals surface area contributed by atoms with Gasteiger partial charge in [0.25, 0.3) is 23.6 Å². The van der Waals surface area contributed by atoms with Crippen molar-refractivity contribution in [2.24, 2.45) is 10.9 Å². The quantitative estimate of drug-likeness (QED) is 0.0505. The van der Waals surface area contributed by atoms with Gasteiger partial charge in [-0.1, -0.05) is 64.0 Å². The monoisotopic (exact) mass is 1680 g/mol. The molecule has 5 aliphatic rings. The number of cyclic esters (lactones) is 1. The van der Waals surface area contributed by atoms with Crippen molar-refractivity contribution in [3.63, 3.8) is 0 Å². The van der Waals surface area contributed by atoms with E-state index in [1.165, 1.54) is 76.7 Å². The normalized spacial score (nSPS) is 27.3. The van der Waals surface area contributed by atoms with Crippen LogP contribution in [0.4, 0.5) is 0 Å². The number of aliphatic imine (C=N–C) groups is 1. The van der Waals surface area contributed by atoms with Gasteiger partial charge >= 0.3 is 11.9 Å². The molecule has 608 valence electrons. The summed E-state index contributed by atoms with van der Waals surface area (Å²) >= 11 is 11.0. The number of carbonyl (C=O) groups excluding carboxylic acids is 11. The number of amides is 9. The van der Waals surface area contributed by atoms with Gasteiger partial charge < -0.3 is 88.2 Å². The second-order valence-electron chi connectivity index (χ2n) is 28.0. The Morgan fingerprint density at radius 2 is 1.46 bits per heavy atom. The number of nitrogens with zero attached hydrogens (tertiary/aromatic N) is 6. The SMILES string of the molecule is C=C(NC(=O)c1csc(C2CC[C@]34NC(=O)[C@H](C)NC(=O)C(=C)NC(=O)[C@H](C)NC(=O)[C@H](C(C)C)N[C@@H]5C=Cc6c([C@H](C)O)cc(nc6[C@H]5O)C(=O)O[C@H](C)[C@H](NC(=S)c5csc(n5)[C@H]([C@](C)(O)[C@@H](C)O)NC(=O)[C@H]5CSC(=N5)/C(=C/C)NC(=O)[C@H]([C@@H](C)O)NC(=O)c5csc3n5)c3nc(cs3)[C@H]4N2)n1)C(=O)NC(=C)C(=O)OC. The van der Waals surface area contributed by atoms with Crippen molar-refractivity contribution in [2.75, 3.05) is 12.9 Å². The van der Waals surface area contributed by atoms with E-state index in [1.807, 2.05) is 0 Å². The highest BCUT2D eigenvalue weighted by Gasteiger charge is 2.52. The van der Waals surface area contributed by atoms with Crippen molar-refractivity contribution in [1.29, 1.82) is 0 Å². The Bertz CT molecular complexity index is 4810. The first kappa shape index (κ1) is 86.6. The van der Waals surface area contributed by atoms with Crippen molar-refractivity contribution >= 4 is 151 Å². The van der Waals surface area contributed by atoms with Gasteiger partial charge in [-0.3, -0.25) is 58.8 Å². The highest BCUT2D eigenvalue weighted by molar-refractivity contribution is 8.14. The Labute approximate surface area is 678 Å². The van der Waals surface area contributed by atoms with E-state index in [9.17, 15) is 68.7 Å². The number of carbonyl (C=O) groups is 11. The number of aliphatic hydroxyl groups is 5. The molecule has 10 rings (SSSR count). The summed E-state index contributed by atoms with van der Waals surface area (Å²) in [6.45, 7) is 25.2. The number of hydrogen-bond donors (Lipinski definition) is 17. The fraction of sp³-hybridized carbons (Fsp3) is 0.444. The maximum absolute atomic E-state index is 15.4. The molecule has 36 nitrogen and oxygen atoms in total. The largest absolute Gasteiger partial charge is 0.464 e. The van der Waals surface area contributed by atoms with Gasteiger partial charge in [-0.05, 0) is 85.8 Å². The number of esters is 2. The Morgan fingerprint density at radius 1 is 0.763 bits per heavy atom. The second-order valence-corrected chi connectivity index (χ2v) is 33.0. The molecule has 9 amide bonds. The molecule has 1 aliphatic carbocycles. The van der Waals surface area contributed by atoms with Crippen LogP contribution in [0.1, 0.15) is 198 Å².